The summed E-state index contributed by atoms with van der Waals surface area (Å²) < 4.78 is 0. The number of piperidine rings is 1. The van der Waals surface area contributed by atoms with Crippen molar-refractivity contribution < 1.29 is 14.4 Å². The lowest BCUT2D eigenvalue weighted by Crippen LogP contribution is -2.58. The number of amides is 3. The van der Waals surface area contributed by atoms with Crippen molar-refractivity contribution in [1.29, 1.82) is 0 Å². The highest BCUT2D eigenvalue weighted by Gasteiger charge is 2.43. The number of benzene rings is 1. The second kappa shape index (κ2) is 8.95. The number of piperazine rings is 1. The molecule has 3 atom stereocenters. The summed E-state index contributed by atoms with van der Waals surface area (Å²) in [4.78, 5) is 41.5. The topological polar surface area (TPSA) is 81.8 Å². The molecule has 156 valence electrons. The number of nitrogens with one attached hydrogen (secondary N) is 2. The zero-order valence-electron chi connectivity index (χ0n) is 16.8. The average Bonchev–Trinajstić information content (AvgIpc) is 3.19. The highest BCUT2D eigenvalue weighted by molar-refractivity contribution is 5.94. The summed E-state index contributed by atoms with van der Waals surface area (Å²) in [6.07, 6.45) is 5.28. The van der Waals surface area contributed by atoms with Gasteiger partial charge in [0.1, 0.15) is 0 Å². The number of carbonyl (C=O) groups excluding carboxylic acids is 3. The highest BCUT2D eigenvalue weighted by Crippen LogP contribution is 2.26. The quantitative estimate of drug-likeness (QED) is 0.780. The van der Waals surface area contributed by atoms with Gasteiger partial charge < -0.3 is 15.5 Å². The summed E-state index contributed by atoms with van der Waals surface area (Å²) in [6, 6.07) is 9.01. The van der Waals surface area contributed by atoms with Gasteiger partial charge in [0.15, 0.2) is 0 Å². The molecule has 7 nitrogen and oxygen atoms in total. The van der Waals surface area contributed by atoms with Crippen molar-refractivity contribution in [2.75, 3.05) is 26.2 Å². The molecule has 3 fully saturated rings. The van der Waals surface area contributed by atoms with Crippen LogP contribution in [0.5, 0.6) is 0 Å². The molecule has 0 aromatic heterocycles. The number of fused-ring (bicyclic) bond motifs is 1. The maximum Gasteiger partial charge on any atom is 0.251 e. The molecule has 2 N–H and O–H groups in total. The first kappa shape index (κ1) is 19.9. The molecule has 0 aliphatic carbocycles. The van der Waals surface area contributed by atoms with Crippen molar-refractivity contribution in [2.24, 2.45) is 0 Å². The minimum absolute atomic E-state index is 0.0278. The molecule has 0 radical (unpaired) electrons. The van der Waals surface area contributed by atoms with E-state index in [2.05, 4.69) is 15.5 Å². The number of hydrogen-bond donors (Lipinski definition) is 2. The van der Waals surface area contributed by atoms with Crippen LogP contribution in [-0.2, 0) is 9.59 Å². The van der Waals surface area contributed by atoms with Crippen LogP contribution in [0.4, 0.5) is 0 Å². The van der Waals surface area contributed by atoms with Crippen LogP contribution in [0.25, 0.3) is 0 Å². The maximum absolute atomic E-state index is 12.5. The van der Waals surface area contributed by atoms with E-state index in [0.717, 1.165) is 32.4 Å². The van der Waals surface area contributed by atoms with E-state index in [1.165, 1.54) is 6.42 Å². The van der Waals surface area contributed by atoms with Gasteiger partial charge in [-0.2, -0.15) is 0 Å². The van der Waals surface area contributed by atoms with Crippen molar-refractivity contribution in [3.8, 4) is 0 Å². The van der Waals surface area contributed by atoms with Crippen molar-refractivity contribution in [3.05, 3.63) is 35.9 Å². The Balaban J connectivity index is 1.33. The second-order valence-corrected chi connectivity index (χ2v) is 8.36. The molecule has 0 spiro atoms. The fourth-order valence-electron chi connectivity index (χ4n) is 4.80. The van der Waals surface area contributed by atoms with Gasteiger partial charge in [-0.25, -0.2) is 0 Å². The summed E-state index contributed by atoms with van der Waals surface area (Å²) in [7, 11) is 0. The lowest BCUT2D eigenvalue weighted by Gasteiger charge is -2.37. The van der Waals surface area contributed by atoms with Gasteiger partial charge >= 0.3 is 0 Å². The van der Waals surface area contributed by atoms with Crippen LogP contribution in [0.3, 0.4) is 0 Å². The molecule has 0 saturated carbocycles. The zero-order valence-corrected chi connectivity index (χ0v) is 16.8. The highest BCUT2D eigenvalue weighted by atomic mass is 16.2. The number of rotatable bonds is 5. The minimum Gasteiger partial charge on any atom is -0.353 e. The normalized spacial score (nSPS) is 27.2. The first-order valence-corrected chi connectivity index (χ1v) is 10.8. The molecular formula is C22H30N4O3. The van der Waals surface area contributed by atoms with E-state index in [0.29, 0.717) is 31.5 Å². The van der Waals surface area contributed by atoms with Gasteiger partial charge in [0.25, 0.3) is 5.91 Å². The van der Waals surface area contributed by atoms with Gasteiger partial charge in [-0.1, -0.05) is 18.2 Å². The summed E-state index contributed by atoms with van der Waals surface area (Å²) >= 11 is 0. The molecule has 3 aliphatic heterocycles. The van der Waals surface area contributed by atoms with Crippen LogP contribution in [0.1, 0.15) is 48.9 Å². The van der Waals surface area contributed by atoms with Gasteiger partial charge in [-0.3, -0.25) is 19.3 Å². The summed E-state index contributed by atoms with van der Waals surface area (Å²) in [6.45, 7) is 2.97. The van der Waals surface area contributed by atoms with E-state index in [-0.39, 0.29) is 35.8 Å². The molecule has 1 aromatic carbocycles. The van der Waals surface area contributed by atoms with Crippen molar-refractivity contribution in [2.45, 2.75) is 56.7 Å². The van der Waals surface area contributed by atoms with Gasteiger partial charge in [0.05, 0.1) is 6.04 Å². The Kier molecular flexibility index (Phi) is 6.13. The fraction of sp³-hybridized carbons (Fsp3) is 0.591. The summed E-state index contributed by atoms with van der Waals surface area (Å²) in [5.74, 6) is 0.152. The Bertz CT molecular complexity index is 748. The van der Waals surface area contributed by atoms with E-state index in [4.69, 9.17) is 0 Å². The fourth-order valence-corrected chi connectivity index (χ4v) is 4.80. The summed E-state index contributed by atoms with van der Waals surface area (Å²) in [5, 5.41) is 6.07. The molecule has 1 aromatic rings. The van der Waals surface area contributed by atoms with Crippen LogP contribution in [-0.4, -0.2) is 71.8 Å². The van der Waals surface area contributed by atoms with Gasteiger partial charge in [0.2, 0.25) is 11.8 Å². The molecule has 0 bridgehead atoms. The molecule has 7 heteroatoms. The third-order valence-corrected chi connectivity index (χ3v) is 6.39. The Labute approximate surface area is 171 Å². The third kappa shape index (κ3) is 4.61. The predicted molar refractivity (Wildman–Crippen MR) is 109 cm³/mol. The number of hydrogen-bond acceptors (Lipinski definition) is 4. The van der Waals surface area contributed by atoms with Gasteiger partial charge in [-0.05, 0) is 44.2 Å². The van der Waals surface area contributed by atoms with E-state index in [1.807, 2.05) is 23.1 Å². The lowest BCUT2D eigenvalue weighted by atomic mass is 10.0. The molecule has 3 amide bonds. The van der Waals surface area contributed by atoms with Crippen LogP contribution >= 0.6 is 0 Å². The number of carbonyl (C=O) groups is 3. The second-order valence-electron chi connectivity index (χ2n) is 8.36. The molecule has 4 rings (SSSR count). The average molecular weight is 399 g/mol. The van der Waals surface area contributed by atoms with Gasteiger partial charge in [-0.15, -0.1) is 0 Å². The van der Waals surface area contributed by atoms with Crippen LogP contribution < -0.4 is 10.6 Å². The molecule has 3 saturated heterocycles. The summed E-state index contributed by atoms with van der Waals surface area (Å²) in [5.41, 5.74) is 0.630. The standard InChI is InChI=1S/C22H30N4O3/c27-20(25-11-5-2-6-12-25)10-9-18-14-23-22(29)19-13-17(15-26(18)19)24-21(28)16-7-3-1-4-8-16/h1,3-4,7-8,17-19H,2,5-6,9-15H2,(H,23,29)(H,24,28)/t17-,18-,19+/m1/s1. The van der Waals surface area contributed by atoms with Crippen LogP contribution in [0.15, 0.2) is 30.3 Å². The molecule has 3 aliphatic rings. The van der Waals surface area contributed by atoms with E-state index < -0.39 is 0 Å². The third-order valence-electron chi connectivity index (χ3n) is 6.39. The predicted octanol–water partition coefficient (Wildman–Crippen LogP) is 1.15. The van der Waals surface area contributed by atoms with Crippen LogP contribution in [0.2, 0.25) is 0 Å². The molecular weight excluding hydrogens is 368 g/mol. The van der Waals surface area contributed by atoms with Crippen molar-refractivity contribution in [1.82, 2.24) is 20.4 Å². The van der Waals surface area contributed by atoms with E-state index >= 15 is 0 Å². The molecule has 29 heavy (non-hydrogen) atoms. The largest absolute Gasteiger partial charge is 0.353 e. The Morgan fingerprint density at radius 2 is 1.86 bits per heavy atom. The van der Waals surface area contributed by atoms with Crippen molar-refractivity contribution >= 4 is 17.7 Å². The zero-order chi connectivity index (χ0) is 20.2. The minimum atomic E-state index is -0.222. The van der Waals surface area contributed by atoms with E-state index in [1.54, 1.807) is 12.1 Å². The SMILES string of the molecule is O=C(N[C@@H]1C[C@H]2C(=O)NC[C@@H](CCC(=O)N3CCCCC3)N2C1)c1ccccc1. The van der Waals surface area contributed by atoms with Crippen LogP contribution in [0, 0.1) is 0 Å². The van der Waals surface area contributed by atoms with Gasteiger partial charge in [0, 0.05) is 50.2 Å². The Morgan fingerprint density at radius 3 is 2.62 bits per heavy atom. The number of nitrogens with zero attached hydrogens (tertiary/aromatic N) is 2. The smallest absolute Gasteiger partial charge is 0.251 e. The Morgan fingerprint density at radius 1 is 1.10 bits per heavy atom. The monoisotopic (exact) mass is 398 g/mol. The number of likely N-dealkylation sites (tertiary alicyclic amines) is 1. The molecule has 3 heterocycles. The van der Waals surface area contributed by atoms with Crippen molar-refractivity contribution in [3.63, 3.8) is 0 Å². The lowest BCUT2D eigenvalue weighted by molar-refractivity contribution is -0.133. The van der Waals surface area contributed by atoms with E-state index in [9.17, 15) is 14.4 Å². The first-order valence-electron chi connectivity index (χ1n) is 10.8. The first-order chi connectivity index (χ1) is 14.1. The molecule has 0 unspecified atom stereocenters. The maximum atomic E-state index is 12.5. The Hall–Kier alpha value is -2.41.